The van der Waals surface area contributed by atoms with Gasteiger partial charge in [-0.2, -0.15) is 0 Å². The number of amides is 2. The fourth-order valence-electron chi connectivity index (χ4n) is 3.75. The van der Waals surface area contributed by atoms with Gasteiger partial charge in [0.2, 0.25) is 5.91 Å². The maximum absolute atomic E-state index is 13.2. The van der Waals surface area contributed by atoms with E-state index < -0.39 is 6.04 Å². The molecule has 0 saturated carbocycles. The van der Waals surface area contributed by atoms with Crippen molar-refractivity contribution in [1.29, 1.82) is 0 Å². The molecule has 3 aromatic carbocycles. The maximum Gasteiger partial charge on any atom is 0.251 e. The lowest BCUT2D eigenvalue weighted by Gasteiger charge is -2.23. The Bertz CT molecular complexity index is 1100. The number of anilines is 3. The van der Waals surface area contributed by atoms with E-state index in [-0.39, 0.29) is 17.6 Å². The molecule has 7 heteroatoms. The van der Waals surface area contributed by atoms with Gasteiger partial charge in [-0.05, 0) is 48.4 Å². The lowest BCUT2D eigenvalue weighted by atomic mass is 10.1. The van der Waals surface area contributed by atoms with Crippen LogP contribution < -0.4 is 20.3 Å². The molecule has 3 aromatic rings. The molecule has 6 nitrogen and oxygen atoms in total. The minimum atomic E-state index is -0.703. The first-order valence-corrected chi connectivity index (χ1v) is 10.4. The Balaban J connectivity index is 1.60. The van der Waals surface area contributed by atoms with E-state index in [1.165, 1.54) is 24.3 Å². The first kappa shape index (κ1) is 21.4. The van der Waals surface area contributed by atoms with Gasteiger partial charge in [0.25, 0.3) is 5.91 Å². The Morgan fingerprint density at radius 1 is 1.03 bits per heavy atom. The molecule has 32 heavy (non-hydrogen) atoms. The van der Waals surface area contributed by atoms with Crippen LogP contribution in [0.5, 0.6) is 5.75 Å². The van der Waals surface area contributed by atoms with Crippen molar-refractivity contribution in [2.24, 2.45) is 0 Å². The molecule has 2 N–H and O–H groups in total. The number of ether oxygens (including phenoxy) is 1. The zero-order valence-corrected chi connectivity index (χ0v) is 17.7. The Labute approximate surface area is 186 Å². The smallest absolute Gasteiger partial charge is 0.251 e. The number of carbonyl (C=O) groups excluding carboxylic acids is 2. The van der Waals surface area contributed by atoms with E-state index in [4.69, 9.17) is 4.74 Å². The van der Waals surface area contributed by atoms with Gasteiger partial charge in [0, 0.05) is 30.4 Å². The molecular formula is C25H24FN3O3. The Kier molecular flexibility index (Phi) is 6.35. The van der Waals surface area contributed by atoms with Crippen molar-refractivity contribution in [3.63, 3.8) is 0 Å². The van der Waals surface area contributed by atoms with Gasteiger partial charge >= 0.3 is 0 Å². The highest BCUT2D eigenvalue weighted by Crippen LogP contribution is 2.35. The normalized spacial score (nSPS) is 14.2. The summed E-state index contributed by atoms with van der Waals surface area (Å²) in [7, 11) is 1.55. The average molecular weight is 433 g/mol. The molecule has 0 aliphatic carbocycles. The van der Waals surface area contributed by atoms with E-state index >= 15 is 0 Å². The van der Waals surface area contributed by atoms with Crippen LogP contribution in [0.2, 0.25) is 0 Å². The summed E-state index contributed by atoms with van der Waals surface area (Å²) in [5.41, 5.74) is 2.65. The zero-order chi connectivity index (χ0) is 22.5. The molecule has 1 aliphatic rings. The van der Waals surface area contributed by atoms with E-state index in [0.29, 0.717) is 35.8 Å². The van der Waals surface area contributed by atoms with Gasteiger partial charge in [0.1, 0.15) is 17.6 Å². The number of benzene rings is 3. The van der Waals surface area contributed by atoms with E-state index in [1.807, 2.05) is 42.5 Å². The highest BCUT2D eigenvalue weighted by Gasteiger charge is 2.26. The molecule has 0 radical (unpaired) electrons. The third kappa shape index (κ3) is 4.72. The van der Waals surface area contributed by atoms with Crippen molar-refractivity contribution < 1.29 is 18.7 Å². The standard InChI is InChI=1S/C25H24FN3O3/c1-32-22-16-20(13-14-21(22)29-15-5-8-23(29)30)27-24(17-6-3-2-4-7-17)25(31)28-19-11-9-18(26)10-12-19/h2-4,6-7,9-14,16,24,27H,5,8,15H2,1H3,(H,28,31). The quantitative estimate of drug-likeness (QED) is 0.564. The van der Waals surface area contributed by atoms with Crippen LogP contribution in [-0.4, -0.2) is 25.5 Å². The third-order valence-corrected chi connectivity index (χ3v) is 5.36. The number of hydrogen-bond acceptors (Lipinski definition) is 4. The molecule has 1 aliphatic heterocycles. The topological polar surface area (TPSA) is 70.7 Å². The van der Waals surface area contributed by atoms with Crippen LogP contribution >= 0.6 is 0 Å². The van der Waals surface area contributed by atoms with Crippen molar-refractivity contribution in [3.05, 3.63) is 84.2 Å². The summed E-state index contributed by atoms with van der Waals surface area (Å²) in [5.74, 6) is -0.0363. The van der Waals surface area contributed by atoms with E-state index in [1.54, 1.807) is 18.1 Å². The van der Waals surface area contributed by atoms with Crippen molar-refractivity contribution in [2.75, 3.05) is 29.2 Å². The second-order valence-corrected chi connectivity index (χ2v) is 7.52. The first-order valence-electron chi connectivity index (χ1n) is 10.4. The van der Waals surface area contributed by atoms with Crippen LogP contribution in [0, 0.1) is 5.82 Å². The highest BCUT2D eigenvalue weighted by atomic mass is 19.1. The molecule has 0 spiro atoms. The van der Waals surface area contributed by atoms with Gasteiger partial charge in [0.15, 0.2) is 0 Å². The van der Waals surface area contributed by atoms with Gasteiger partial charge in [0.05, 0.1) is 12.8 Å². The number of rotatable bonds is 7. The van der Waals surface area contributed by atoms with Crippen molar-refractivity contribution in [2.45, 2.75) is 18.9 Å². The molecule has 1 atom stereocenters. The fourth-order valence-corrected chi connectivity index (χ4v) is 3.75. The predicted molar refractivity (Wildman–Crippen MR) is 122 cm³/mol. The minimum Gasteiger partial charge on any atom is -0.494 e. The molecule has 2 amide bonds. The molecule has 4 rings (SSSR count). The number of nitrogens with one attached hydrogen (secondary N) is 2. The fraction of sp³-hybridized carbons (Fsp3) is 0.200. The number of nitrogens with zero attached hydrogens (tertiary/aromatic N) is 1. The summed E-state index contributed by atoms with van der Waals surface area (Å²) in [6.07, 6.45) is 1.35. The average Bonchev–Trinajstić information content (AvgIpc) is 3.25. The van der Waals surface area contributed by atoms with Crippen LogP contribution in [0.4, 0.5) is 21.5 Å². The molecule has 1 fully saturated rings. The number of methoxy groups -OCH3 is 1. The Morgan fingerprint density at radius 3 is 2.41 bits per heavy atom. The van der Waals surface area contributed by atoms with Gasteiger partial charge in [-0.3, -0.25) is 9.59 Å². The largest absolute Gasteiger partial charge is 0.494 e. The van der Waals surface area contributed by atoms with E-state index in [9.17, 15) is 14.0 Å². The van der Waals surface area contributed by atoms with Crippen LogP contribution in [0.1, 0.15) is 24.4 Å². The molecule has 0 bridgehead atoms. The van der Waals surface area contributed by atoms with Crippen LogP contribution in [0.15, 0.2) is 72.8 Å². The Hall–Kier alpha value is -3.87. The van der Waals surface area contributed by atoms with Gasteiger partial charge in [-0.25, -0.2) is 4.39 Å². The monoisotopic (exact) mass is 433 g/mol. The van der Waals surface area contributed by atoms with E-state index in [2.05, 4.69) is 10.6 Å². The van der Waals surface area contributed by atoms with Gasteiger partial charge in [-0.15, -0.1) is 0 Å². The maximum atomic E-state index is 13.2. The lowest BCUT2D eigenvalue weighted by Crippen LogP contribution is -2.27. The Morgan fingerprint density at radius 2 is 1.75 bits per heavy atom. The second-order valence-electron chi connectivity index (χ2n) is 7.52. The van der Waals surface area contributed by atoms with Gasteiger partial charge in [-0.1, -0.05) is 30.3 Å². The second kappa shape index (κ2) is 9.51. The summed E-state index contributed by atoms with van der Waals surface area (Å²) < 4.78 is 18.7. The van der Waals surface area contributed by atoms with Crippen LogP contribution in [0.3, 0.4) is 0 Å². The third-order valence-electron chi connectivity index (χ3n) is 5.36. The number of halogens is 1. The molecule has 1 saturated heterocycles. The highest BCUT2D eigenvalue weighted by molar-refractivity contribution is 5.98. The van der Waals surface area contributed by atoms with Crippen molar-refractivity contribution in [1.82, 2.24) is 0 Å². The summed E-state index contributed by atoms with van der Waals surface area (Å²) >= 11 is 0. The molecule has 0 aromatic heterocycles. The van der Waals surface area contributed by atoms with Gasteiger partial charge < -0.3 is 20.3 Å². The van der Waals surface area contributed by atoms with Crippen molar-refractivity contribution >= 4 is 28.9 Å². The summed E-state index contributed by atoms with van der Waals surface area (Å²) in [4.78, 5) is 27.0. The summed E-state index contributed by atoms with van der Waals surface area (Å²) in [5, 5.41) is 6.09. The van der Waals surface area contributed by atoms with Crippen LogP contribution in [0.25, 0.3) is 0 Å². The minimum absolute atomic E-state index is 0.0739. The summed E-state index contributed by atoms with van der Waals surface area (Å²) in [6.45, 7) is 0.661. The summed E-state index contributed by atoms with van der Waals surface area (Å²) in [6, 6.07) is 19.7. The molecule has 164 valence electrons. The zero-order valence-electron chi connectivity index (χ0n) is 17.7. The molecule has 1 unspecified atom stereocenters. The van der Waals surface area contributed by atoms with Crippen molar-refractivity contribution in [3.8, 4) is 5.75 Å². The SMILES string of the molecule is COc1cc(NC(C(=O)Nc2ccc(F)cc2)c2ccccc2)ccc1N1CCCC1=O. The number of hydrogen-bond donors (Lipinski definition) is 2. The first-order chi connectivity index (χ1) is 15.5. The predicted octanol–water partition coefficient (Wildman–Crippen LogP) is 4.75. The number of carbonyl (C=O) groups is 2. The van der Waals surface area contributed by atoms with E-state index in [0.717, 1.165) is 12.0 Å². The van der Waals surface area contributed by atoms with Crippen LogP contribution in [-0.2, 0) is 9.59 Å². The lowest BCUT2D eigenvalue weighted by molar-refractivity contribution is -0.117. The molecular weight excluding hydrogens is 409 g/mol. The molecule has 1 heterocycles.